The molecule has 0 bridgehead atoms. The van der Waals surface area contributed by atoms with Crippen LogP contribution in [0, 0.1) is 0 Å². The van der Waals surface area contributed by atoms with Crippen LogP contribution in [0.1, 0.15) is 17.3 Å². The molecule has 0 aliphatic rings. The maximum atomic E-state index is 12.2. The van der Waals surface area contributed by atoms with E-state index in [1.165, 1.54) is 0 Å². The summed E-state index contributed by atoms with van der Waals surface area (Å²) in [5, 5.41) is 12.2. The van der Waals surface area contributed by atoms with Gasteiger partial charge in [0.1, 0.15) is 0 Å². The number of rotatable bonds is 6. The van der Waals surface area contributed by atoms with E-state index in [1.54, 1.807) is 29.4 Å². The zero-order chi connectivity index (χ0) is 15.1. The number of carbonyl (C=O) groups is 1. The fraction of sp³-hybridized carbons (Fsp3) is 0.250. The second kappa shape index (κ2) is 7.40. The first-order valence-corrected chi connectivity index (χ1v) is 6.92. The Balaban J connectivity index is 2.06. The van der Waals surface area contributed by atoms with Crippen LogP contribution in [-0.2, 0) is 0 Å². The van der Waals surface area contributed by atoms with Gasteiger partial charge in [-0.15, -0.1) is 0 Å². The van der Waals surface area contributed by atoms with Crippen LogP contribution in [0.15, 0.2) is 48.8 Å². The summed E-state index contributed by atoms with van der Waals surface area (Å²) in [5.41, 5.74) is 2.47. The number of amides is 1. The van der Waals surface area contributed by atoms with Crippen molar-refractivity contribution in [3.63, 3.8) is 0 Å². The van der Waals surface area contributed by atoms with Gasteiger partial charge in [0.25, 0.3) is 5.91 Å². The number of aliphatic hydroxyl groups is 1. The standard InChI is InChI=1S/C16H19N3O2/c1-2-19(11-12-20)16(21)13-3-5-14(6-4-13)18-15-7-9-17-10-8-15/h3-10,20H,2,11-12H2,1H3,(H,17,18). The number of likely N-dealkylation sites (N-methyl/N-ethyl adjacent to an activating group) is 1. The zero-order valence-electron chi connectivity index (χ0n) is 12.0. The Hall–Kier alpha value is -2.40. The van der Waals surface area contributed by atoms with Crippen molar-refractivity contribution in [2.24, 2.45) is 0 Å². The Morgan fingerprint density at radius 1 is 1.14 bits per heavy atom. The highest BCUT2D eigenvalue weighted by Crippen LogP contribution is 2.16. The highest BCUT2D eigenvalue weighted by molar-refractivity contribution is 5.94. The van der Waals surface area contributed by atoms with Crippen LogP contribution in [-0.4, -0.2) is 40.6 Å². The molecule has 0 unspecified atom stereocenters. The number of nitrogens with zero attached hydrogens (tertiary/aromatic N) is 2. The number of hydrogen-bond donors (Lipinski definition) is 2. The summed E-state index contributed by atoms with van der Waals surface area (Å²) in [4.78, 5) is 17.8. The lowest BCUT2D eigenvalue weighted by atomic mass is 10.1. The molecule has 1 aromatic heterocycles. The normalized spacial score (nSPS) is 10.2. The monoisotopic (exact) mass is 285 g/mol. The van der Waals surface area contributed by atoms with Crippen LogP contribution in [0.5, 0.6) is 0 Å². The smallest absolute Gasteiger partial charge is 0.253 e. The summed E-state index contributed by atoms with van der Waals surface area (Å²) in [7, 11) is 0. The summed E-state index contributed by atoms with van der Waals surface area (Å²) >= 11 is 0. The van der Waals surface area contributed by atoms with Crippen molar-refractivity contribution in [1.29, 1.82) is 0 Å². The molecule has 110 valence electrons. The summed E-state index contributed by atoms with van der Waals surface area (Å²) in [6.07, 6.45) is 3.43. The third kappa shape index (κ3) is 4.03. The molecule has 0 atom stereocenters. The van der Waals surface area contributed by atoms with Gasteiger partial charge in [-0.2, -0.15) is 0 Å². The van der Waals surface area contributed by atoms with E-state index in [1.807, 2.05) is 31.2 Å². The van der Waals surface area contributed by atoms with Gasteiger partial charge in [0.15, 0.2) is 0 Å². The first kappa shape index (κ1) is 15.0. The lowest BCUT2D eigenvalue weighted by Crippen LogP contribution is -2.33. The highest BCUT2D eigenvalue weighted by Gasteiger charge is 2.13. The average molecular weight is 285 g/mol. The Morgan fingerprint density at radius 3 is 2.33 bits per heavy atom. The Labute approximate surface area is 124 Å². The van der Waals surface area contributed by atoms with Crippen LogP contribution in [0.3, 0.4) is 0 Å². The van der Waals surface area contributed by atoms with Gasteiger partial charge in [0.05, 0.1) is 6.61 Å². The van der Waals surface area contributed by atoms with Crippen LogP contribution < -0.4 is 5.32 Å². The van der Waals surface area contributed by atoms with Gasteiger partial charge in [0.2, 0.25) is 0 Å². The molecule has 5 nitrogen and oxygen atoms in total. The second-order valence-corrected chi connectivity index (χ2v) is 4.55. The van der Waals surface area contributed by atoms with E-state index in [2.05, 4.69) is 10.3 Å². The molecule has 2 rings (SSSR count). The van der Waals surface area contributed by atoms with Gasteiger partial charge < -0.3 is 15.3 Å². The topological polar surface area (TPSA) is 65.5 Å². The lowest BCUT2D eigenvalue weighted by molar-refractivity contribution is 0.0732. The fourth-order valence-electron chi connectivity index (χ4n) is 2.00. The lowest BCUT2D eigenvalue weighted by Gasteiger charge is -2.19. The summed E-state index contributed by atoms with van der Waals surface area (Å²) in [5.74, 6) is -0.0676. The summed E-state index contributed by atoms with van der Waals surface area (Å²) in [6.45, 7) is 2.80. The molecule has 21 heavy (non-hydrogen) atoms. The second-order valence-electron chi connectivity index (χ2n) is 4.55. The molecular weight excluding hydrogens is 266 g/mol. The van der Waals surface area contributed by atoms with E-state index in [-0.39, 0.29) is 12.5 Å². The molecule has 0 radical (unpaired) electrons. The van der Waals surface area contributed by atoms with E-state index in [4.69, 9.17) is 5.11 Å². The summed E-state index contributed by atoms with van der Waals surface area (Å²) < 4.78 is 0. The fourth-order valence-corrected chi connectivity index (χ4v) is 2.00. The number of pyridine rings is 1. The van der Waals surface area contributed by atoms with E-state index < -0.39 is 0 Å². The number of aliphatic hydroxyl groups excluding tert-OH is 1. The maximum Gasteiger partial charge on any atom is 0.253 e. The Morgan fingerprint density at radius 2 is 1.76 bits per heavy atom. The SMILES string of the molecule is CCN(CCO)C(=O)c1ccc(Nc2ccncc2)cc1. The third-order valence-electron chi connectivity index (χ3n) is 3.14. The van der Waals surface area contributed by atoms with Crippen molar-refractivity contribution in [3.8, 4) is 0 Å². The summed E-state index contributed by atoms with van der Waals surface area (Å²) in [6, 6.07) is 11.0. The van der Waals surface area contributed by atoms with Crippen molar-refractivity contribution in [2.45, 2.75) is 6.92 Å². The number of benzene rings is 1. The minimum atomic E-state index is -0.0676. The van der Waals surface area contributed by atoms with Crippen molar-refractivity contribution in [3.05, 3.63) is 54.4 Å². The van der Waals surface area contributed by atoms with Gasteiger partial charge in [-0.3, -0.25) is 9.78 Å². The zero-order valence-corrected chi connectivity index (χ0v) is 12.0. The minimum absolute atomic E-state index is 0.0265. The molecule has 1 amide bonds. The molecule has 0 aliphatic heterocycles. The van der Waals surface area contributed by atoms with Crippen LogP contribution in [0.25, 0.3) is 0 Å². The predicted molar refractivity (Wildman–Crippen MR) is 82.6 cm³/mol. The van der Waals surface area contributed by atoms with Gasteiger partial charge >= 0.3 is 0 Å². The molecule has 0 aliphatic carbocycles. The maximum absolute atomic E-state index is 12.2. The highest BCUT2D eigenvalue weighted by atomic mass is 16.3. The average Bonchev–Trinajstić information content (AvgIpc) is 2.54. The van der Waals surface area contributed by atoms with E-state index in [9.17, 15) is 4.79 Å². The molecule has 2 aromatic rings. The van der Waals surface area contributed by atoms with E-state index in [0.717, 1.165) is 11.4 Å². The first-order chi connectivity index (χ1) is 10.2. The van der Waals surface area contributed by atoms with E-state index in [0.29, 0.717) is 18.7 Å². The number of nitrogens with one attached hydrogen (secondary N) is 1. The molecule has 0 fully saturated rings. The van der Waals surface area contributed by atoms with E-state index >= 15 is 0 Å². The van der Waals surface area contributed by atoms with Crippen molar-refractivity contribution < 1.29 is 9.90 Å². The third-order valence-corrected chi connectivity index (χ3v) is 3.14. The Bertz CT molecular complexity index is 570. The molecule has 0 saturated heterocycles. The molecule has 5 heteroatoms. The molecule has 2 N–H and O–H groups in total. The van der Waals surface area contributed by atoms with Crippen molar-refractivity contribution in [2.75, 3.05) is 25.0 Å². The molecular formula is C16H19N3O2. The quantitative estimate of drug-likeness (QED) is 0.854. The molecule has 1 aromatic carbocycles. The van der Waals surface area contributed by atoms with Crippen molar-refractivity contribution >= 4 is 17.3 Å². The minimum Gasteiger partial charge on any atom is -0.395 e. The predicted octanol–water partition coefficient (Wildman–Crippen LogP) is 2.28. The van der Waals surface area contributed by atoms with Crippen molar-refractivity contribution in [1.82, 2.24) is 9.88 Å². The number of hydrogen-bond acceptors (Lipinski definition) is 4. The largest absolute Gasteiger partial charge is 0.395 e. The Kier molecular flexibility index (Phi) is 5.29. The molecule has 0 spiro atoms. The first-order valence-electron chi connectivity index (χ1n) is 6.92. The number of carbonyl (C=O) groups excluding carboxylic acids is 1. The van der Waals surface area contributed by atoms with Crippen LogP contribution >= 0.6 is 0 Å². The van der Waals surface area contributed by atoms with Gasteiger partial charge in [0, 0.05) is 42.4 Å². The number of anilines is 2. The van der Waals surface area contributed by atoms with Crippen LogP contribution in [0.2, 0.25) is 0 Å². The molecule has 0 saturated carbocycles. The van der Waals surface area contributed by atoms with Gasteiger partial charge in [-0.05, 0) is 43.3 Å². The number of aromatic nitrogens is 1. The molecule has 1 heterocycles. The van der Waals surface area contributed by atoms with Crippen LogP contribution in [0.4, 0.5) is 11.4 Å². The van der Waals surface area contributed by atoms with Gasteiger partial charge in [-0.25, -0.2) is 0 Å². The van der Waals surface area contributed by atoms with Gasteiger partial charge in [-0.1, -0.05) is 0 Å².